The first-order valence-electron chi connectivity index (χ1n) is 5.61. The Morgan fingerprint density at radius 3 is 2.85 bits per heavy atom. The van der Waals surface area contributed by atoms with Gasteiger partial charge < -0.3 is 10.4 Å². The van der Waals surface area contributed by atoms with Crippen molar-refractivity contribution in [1.82, 2.24) is 10.2 Å². The quantitative estimate of drug-likeness (QED) is 0.823. The molecule has 0 atom stereocenters. The topological polar surface area (TPSA) is 92.2 Å². The van der Waals surface area contributed by atoms with Crippen LogP contribution in [-0.4, -0.2) is 32.9 Å². The summed E-state index contributed by atoms with van der Waals surface area (Å²) in [5, 5.41) is 20.1. The number of carbonyl (C=O) groups is 2. The first-order valence-corrected chi connectivity index (χ1v) is 7.41. The average Bonchev–Trinajstić information content (AvgIpc) is 2.82. The van der Waals surface area contributed by atoms with Crippen LogP contribution in [0.4, 0.5) is 5.69 Å². The van der Waals surface area contributed by atoms with E-state index >= 15 is 0 Å². The molecule has 0 aliphatic rings. The van der Waals surface area contributed by atoms with E-state index in [0.717, 1.165) is 9.35 Å². The van der Waals surface area contributed by atoms with Gasteiger partial charge in [0, 0.05) is 5.69 Å². The summed E-state index contributed by atoms with van der Waals surface area (Å²) in [6.45, 7) is 1.85. The summed E-state index contributed by atoms with van der Waals surface area (Å²) in [5.41, 5.74) is 0.596. The Hall–Kier alpha value is -1.93. The lowest BCUT2D eigenvalue weighted by Gasteiger charge is -2.04. The number of thioether (sulfide) groups is 1. The second kappa shape index (κ2) is 6.49. The number of carboxylic acids is 1. The Morgan fingerprint density at radius 1 is 1.40 bits per heavy atom. The summed E-state index contributed by atoms with van der Waals surface area (Å²) in [6, 6.07) is 6.11. The number of anilines is 1. The summed E-state index contributed by atoms with van der Waals surface area (Å²) >= 11 is 2.72. The van der Waals surface area contributed by atoms with Crippen LogP contribution < -0.4 is 5.32 Å². The Balaban J connectivity index is 1.91. The van der Waals surface area contributed by atoms with Crippen LogP contribution in [0.1, 0.15) is 15.4 Å². The number of aromatic carboxylic acids is 1. The molecule has 2 aromatic rings. The third kappa shape index (κ3) is 4.04. The molecule has 104 valence electrons. The molecule has 0 aliphatic carbocycles. The molecule has 0 spiro atoms. The van der Waals surface area contributed by atoms with Gasteiger partial charge in [-0.3, -0.25) is 4.79 Å². The van der Waals surface area contributed by atoms with Gasteiger partial charge in [0.1, 0.15) is 5.01 Å². The SMILES string of the molecule is Cc1nnc(SCC(=O)Nc2cccc(C(=O)O)c2)s1. The van der Waals surface area contributed by atoms with Gasteiger partial charge in [-0.2, -0.15) is 0 Å². The van der Waals surface area contributed by atoms with Crippen LogP contribution in [0, 0.1) is 6.92 Å². The average molecular weight is 309 g/mol. The lowest BCUT2D eigenvalue weighted by Crippen LogP contribution is -2.14. The van der Waals surface area contributed by atoms with Gasteiger partial charge in [-0.25, -0.2) is 4.79 Å². The van der Waals surface area contributed by atoms with Crippen molar-refractivity contribution in [3.8, 4) is 0 Å². The van der Waals surface area contributed by atoms with Crippen molar-refractivity contribution in [2.24, 2.45) is 0 Å². The molecule has 8 heteroatoms. The molecule has 0 fully saturated rings. The molecule has 0 bridgehead atoms. The van der Waals surface area contributed by atoms with E-state index in [1.807, 2.05) is 6.92 Å². The predicted octanol–water partition coefficient (Wildman–Crippen LogP) is 2.28. The number of carbonyl (C=O) groups excluding carboxylic acids is 1. The second-order valence-corrected chi connectivity index (χ2v) is 6.21. The number of amides is 1. The third-order valence-corrected chi connectivity index (χ3v) is 4.20. The van der Waals surface area contributed by atoms with Gasteiger partial charge in [0.15, 0.2) is 4.34 Å². The molecular formula is C12H11N3O3S2. The third-order valence-electron chi connectivity index (χ3n) is 2.23. The van der Waals surface area contributed by atoms with Gasteiger partial charge in [0.05, 0.1) is 11.3 Å². The summed E-state index contributed by atoms with van der Waals surface area (Å²) < 4.78 is 0.733. The highest BCUT2D eigenvalue weighted by Crippen LogP contribution is 2.22. The highest BCUT2D eigenvalue weighted by molar-refractivity contribution is 8.01. The first kappa shape index (κ1) is 14.5. The zero-order valence-corrected chi connectivity index (χ0v) is 12.1. The maximum absolute atomic E-state index is 11.8. The minimum Gasteiger partial charge on any atom is -0.478 e. The molecule has 0 saturated heterocycles. The highest BCUT2D eigenvalue weighted by atomic mass is 32.2. The molecule has 2 rings (SSSR count). The molecule has 0 radical (unpaired) electrons. The fourth-order valence-corrected chi connectivity index (χ4v) is 3.01. The molecular weight excluding hydrogens is 298 g/mol. The van der Waals surface area contributed by atoms with Gasteiger partial charge in [0.2, 0.25) is 5.91 Å². The minimum atomic E-state index is -1.03. The van der Waals surface area contributed by atoms with Crippen molar-refractivity contribution in [3.63, 3.8) is 0 Å². The van der Waals surface area contributed by atoms with E-state index < -0.39 is 5.97 Å². The van der Waals surface area contributed by atoms with Crippen LogP contribution in [0.3, 0.4) is 0 Å². The van der Waals surface area contributed by atoms with Crippen molar-refractivity contribution >= 4 is 40.7 Å². The molecule has 0 unspecified atom stereocenters. The lowest BCUT2D eigenvalue weighted by atomic mass is 10.2. The zero-order valence-electron chi connectivity index (χ0n) is 10.5. The number of nitrogens with one attached hydrogen (secondary N) is 1. The Labute approximate surface area is 123 Å². The smallest absolute Gasteiger partial charge is 0.335 e. The zero-order chi connectivity index (χ0) is 14.5. The normalized spacial score (nSPS) is 10.2. The summed E-state index contributed by atoms with van der Waals surface area (Å²) in [7, 11) is 0. The number of nitrogens with zero attached hydrogens (tertiary/aromatic N) is 2. The van der Waals surface area contributed by atoms with Crippen LogP contribution in [0.5, 0.6) is 0 Å². The number of hydrogen-bond donors (Lipinski definition) is 2. The van der Waals surface area contributed by atoms with E-state index in [-0.39, 0.29) is 17.2 Å². The van der Waals surface area contributed by atoms with Crippen molar-refractivity contribution in [1.29, 1.82) is 0 Å². The number of aromatic nitrogens is 2. The fraction of sp³-hybridized carbons (Fsp3) is 0.167. The van der Waals surface area contributed by atoms with Crippen LogP contribution in [0.2, 0.25) is 0 Å². The van der Waals surface area contributed by atoms with Crippen LogP contribution in [0.25, 0.3) is 0 Å². The van der Waals surface area contributed by atoms with Crippen molar-refractivity contribution in [3.05, 3.63) is 34.8 Å². The number of aryl methyl sites for hydroxylation is 1. The largest absolute Gasteiger partial charge is 0.478 e. The summed E-state index contributed by atoms with van der Waals surface area (Å²) in [5.74, 6) is -1.04. The first-order chi connectivity index (χ1) is 9.54. The van der Waals surface area contributed by atoms with Crippen molar-refractivity contribution < 1.29 is 14.7 Å². The Morgan fingerprint density at radius 2 is 2.20 bits per heavy atom. The second-order valence-electron chi connectivity index (χ2n) is 3.81. The lowest BCUT2D eigenvalue weighted by molar-refractivity contribution is -0.113. The van der Waals surface area contributed by atoms with Crippen LogP contribution in [0.15, 0.2) is 28.6 Å². The van der Waals surface area contributed by atoms with Gasteiger partial charge >= 0.3 is 5.97 Å². The van der Waals surface area contributed by atoms with Gasteiger partial charge in [-0.1, -0.05) is 29.2 Å². The predicted molar refractivity (Wildman–Crippen MR) is 77.4 cm³/mol. The van der Waals surface area contributed by atoms with E-state index in [4.69, 9.17) is 5.11 Å². The molecule has 0 aliphatic heterocycles. The number of hydrogen-bond acceptors (Lipinski definition) is 6. The molecule has 2 N–H and O–H groups in total. The Bertz CT molecular complexity index is 642. The van der Waals surface area contributed by atoms with E-state index in [1.165, 1.54) is 35.2 Å². The van der Waals surface area contributed by atoms with E-state index in [0.29, 0.717) is 5.69 Å². The van der Waals surface area contributed by atoms with Crippen molar-refractivity contribution in [2.45, 2.75) is 11.3 Å². The number of benzene rings is 1. The van der Waals surface area contributed by atoms with Gasteiger partial charge in [0.25, 0.3) is 0 Å². The standard InChI is InChI=1S/C12H11N3O3S2/c1-7-14-15-12(20-7)19-6-10(16)13-9-4-2-3-8(5-9)11(17)18/h2-5H,6H2,1H3,(H,13,16)(H,17,18). The molecule has 0 saturated carbocycles. The Kier molecular flexibility index (Phi) is 4.70. The number of carboxylic acid groups (broad SMARTS) is 1. The maximum atomic E-state index is 11.8. The summed E-state index contributed by atoms with van der Waals surface area (Å²) in [6.07, 6.45) is 0. The molecule has 6 nitrogen and oxygen atoms in total. The molecule has 1 amide bonds. The van der Waals surface area contributed by atoms with Crippen LogP contribution in [-0.2, 0) is 4.79 Å². The van der Waals surface area contributed by atoms with E-state index in [2.05, 4.69) is 15.5 Å². The monoisotopic (exact) mass is 309 g/mol. The molecule has 1 heterocycles. The van der Waals surface area contributed by atoms with E-state index in [1.54, 1.807) is 12.1 Å². The van der Waals surface area contributed by atoms with Crippen LogP contribution >= 0.6 is 23.1 Å². The van der Waals surface area contributed by atoms with Gasteiger partial charge in [-0.15, -0.1) is 10.2 Å². The van der Waals surface area contributed by atoms with Gasteiger partial charge in [-0.05, 0) is 25.1 Å². The maximum Gasteiger partial charge on any atom is 0.335 e. The minimum absolute atomic E-state index is 0.134. The molecule has 1 aromatic carbocycles. The molecule has 20 heavy (non-hydrogen) atoms. The van der Waals surface area contributed by atoms with E-state index in [9.17, 15) is 9.59 Å². The summed E-state index contributed by atoms with van der Waals surface area (Å²) in [4.78, 5) is 22.6. The van der Waals surface area contributed by atoms with Crippen molar-refractivity contribution in [2.75, 3.05) is 11.1 Å². The fourth-order valence-electron chi connectivity index (χ4n) is 1.39. The molecule has 1 aromatic heterocycles. The highest BCUT2D eigenvalue weighted by Gasteiger charge is 2.08. The number of rotatable bonds is 5.